The van der Waals surface area contributed by atoms with Gasteiger partial charge in [-0.1, -0.05) is 6.07 Å². The highest BCUT2D eigenvalue weighted by Crippen LogP contribution is 2.19. The highest BCUT2D eigenvalue weighted by Gasteiger charge is 2.17. The average Bonchev–Trinajstić information content (AvgIpc) is 2.92. The van der Waals surface area contributed by atoms with Crippen LogP contribution >= 0.6 is 0 Å². The van der Waals surface area contributed by atoms with Gasteiger partial charge in [-0.2, -0.15) is 4.98 Å². The van der Waals surface area contributed by atoms with Crippen LogP contribution in [0.2, 0.25) is 0 Å². The maximum atomic E-state index is 12.4. The van der Waals surface area contributed by atoms with Gasteiger partial charge in [-0.05, 0) is 44.5 Å². The monoisotopic (exact) mass is 360 g/mol. The molecule has 9 nitrogen and oxygen atoms in total. The van der Waals surface area contributed by atoms with Crippen LogP contribution in [0, 0.1) is 20.8 Å². The van der Waals surface area contributed by atoms with E-state index in [9.17, 15) is 13.2 Å². The highest BCUT2D eigenvalue weighted by molar-refractivity contribution is 7.89. The van der Waals surface area contributed by atoms with Crippen LogP contribution in [0.25, 0.3) is 5.78 Å². The van der Waals surface area contributed by atoms with E-state index in [1.807, 2.05) is 19.9 Å². The number of rotatable bonds is 3. The van der Waals surface area contributed by atoms with E-state index >= 15 is 0 Å². The summed E-state index contributed by atoms with van der Waals surface area (Å²) in [4.78, 5) is 20.6. The number of nitrogens with zero attached hydrogens (tertiary/aromatic N) is 4. The first kappa shape index (κ1) is 17.0. The lowest BCUT2D eigenvalue weighted by atomic mass is 10.2. The molecular weight excluding hydrogens is 344 g/mol. The van der Waals surface area contributed by atoms with Gasteiger partial charge in [0.1, 0.15) is 0 Å². The van der Waals surface area contributed by atoms with Gasteiger partial charge in [0.2, 0.25) is 15.8 Å². The van der Waals surface area contributed by atoms with Gasteiger partial charge >= 0.3 is 0 Å². The van der Waals surface area contributed by atoms with Crippen LogP contribution in [0.4, 0.5) is 5.69 Å². The van der Waals surface area contributed by atoms with E-state index in [1.165, 1.54) is 10.6 Å². The second-order valence-electron chi connectivity index (χ2n) is 5.67. The zero-order chi connectivity index (χ0) is 18.4. The molecule has 0 saturated heterocycles. The molecule has 0 spiro atoms. The number of aryl methyl sites for hydroxylation is 3. The van der Waals surface area contributed by atoms with Crippen LogP contribution in [0.5, 0.6) is 0 Å². The van der Waals surface area contributed by atoms with Crippen LogP contribution in [-0.4, -0.2) is 33.9 Å². The Kier molecular flexibility index (Phi) is 4.01. The molecule has 130 valence electrons. The number of nitrogens with two attached hydrogens (primary N) is 1. The number of carbonyl (C=O) groups excluding carboxylic acids is 1. The third-order valence-electron chi connectivity index (χ3n) is 3.57. The summed E-state index contributed by atoms with van der Waals surface area (Å²) in [5, 5.41) is 11.9. The molecule has 0 bridgehead atoms. The van der Waals surface area contributed by atoms with E-state index in [0.29, 0.717) is 11.3 Å². The second-order valence-corrected chi connectivity index (χ2v) is 7.20. The Morgan fingerprint density at radius 2 is 1.88 bits per heavy atom. The summed E-state index contributed by atoms with van der Waals surface area (Å²) in [7, 11) is -3.88. The van der Waals surface area contributed by atoms with Crippen molar-refractivity contribution < 1.29 is 13.2 Å². The molecule has 0 aliphatic carbocycles. The summed E-state index contributed by atoms with van der Waals surface area (Å²) in [5.74, 6) is -0.331. The number of benzene rings is 1. The summed E-state index contributed by atoms with van der Waals surface area (Å²) in [5.41, 5.74) is 2.32. The molecule has 2 aromatic heterocycles. The van der Waals surface area contributed by atoms with E-state index in [-0.39, 0.29) is 16.4 Å². The van der Waals surface area contributed by atoms with Crippen molar-refractivity contribution in [2.24, 2.45) is 5.14 Å². The molecule has 3 aromatic rings. The largest absolute Gasteiger partial charge is 0.319 e. The average molecular weight is 360 g/mol. The van der Waals surface area contributed by atoms with E-state index in [0.717, 1.165) is 11.4 Å². The quantitative estimate of drug-likeness (QED) is 0.714. The number of hydrogen-bond donors (Lipinski definition) is 2. The number of amides is 1. The van der Waals surface area contributed by atoms with Crippen molar-refractivity contribution in [3.05, 3.63) is 47.0 Å². The smallest absolute Gasteiger partial charge is 0.295 e. The second kappa shape index (κ2) is 5.90. The minimum Gasteiger partial charge on any atom is -0.319 e. The number of carbonyl (C=O) groups is 1. The summed E-state index contributed by atoms with van der Waals surface area (Å²) in [6.45, 7) is 5.27. The number of primary sulfonamides is 1. The Morgan fingerprint density at radius 1 is 1.16 bits per heavy atom. The Labute approximate surface area is 144 Å². The molecule has 0 fully saturated rings. The van der Waals surface area contributed by atoms with E-state index in [1.54, 1.807) is 19.1 Å². The lowest BCUT2D eigenvalue weighted by molar-refractivity contribution is 0.101. The van der Waals surface area contributed by atoms with E-state index in [2.05, 4.69) is 20.4 Å². The molecule has 3 rings (SSSR count). The molecule has 0 saturated carbocycles. The third kappa shape index (κ3) is 3.35. The summed E-state index contributed by atoms with van der Waals surface area (Å²) in [6.07, 6.45) is 0. The lowest BCUT2D eigenvalue weighted by Crippen LogP contribution is -2.17. The molecule has 25 heavy (non-hydrogen) atoms. The van der Waals surface area contributed by atoms with Gasteiger partial charge in [0.05, 0.1) is 4.90 Å². The number of fused-ring (bicyclic) bond motifs is 1. The van der Waals surface area contributed by atoms with Gasteiger partial charge in [0.15, 0.2) is 0 Å². The highest BCUT2D eigenvalue weighted by atomic mass is 32.2. The molecule has 1 amide bonds. The fraction of sp³-hybridized carbons (Fsp3) is 0.200. The Bertz CT molecular complexity index is 1100. The van der Waals surface area contributed by atoms with Gasteiger partial charge in [-0.25, -0.2) is 23.1 Å². The molecule has 0 unspecified atom stereocenters. The number of anilines is 1. The van der Waals surface area contributed by atoms with Crippen molar-refractivity contribution in [3.63, 3.8) is 0 Å². The minimum atomic E-state index is -3.88. The van der Waals surface area contributed by atoms with Crippen LogP contribution in [0.1, 0.15) is 27.6 Å². The third-order valence-corrected chi connectivity index (χ3v) is 4.63. The molecule has 0 aliphatic heterocycles. The van der Waals surface area contributed by atoms with Crippen LogP contribution in [0.3, 0.4) is 0 Å². The topological polar surface area (TPSA) is 132 Å². The summed E-state index contributed by atoms with van der Waals surface area (Å²) >= 11 is 0. The van der Waals surface area contributed by atoms with Crippen molar-refractivity contribution in [1.29, 1.82) is 0 Å². The molecule has 10 heteroatoms. The number of aromatic nitrogens is 4. The predicted molar refractivity (Wildman–Crippen MR) is 90.8 cm³/mol. The van der Waals surface area contributed by atoms with Crippen molar-refractivity contribution in [2.75, 3.05) is 5.32 Å². The first-order valence-electron chi connectivity index (χ1n) is 7.31. The van der Waals surface area contributed by atoms with Crippen molar-refractivity contribution >= 4 is 27.4 Å². The first-order valence-corrected chi connectivity index (χ1v) is 8.85. The molecular formula is C15H16N6O3S. The van der Waals surface area contributed by atoms with Crippen LogP contribution in [-0.2, 0) is 10.0 Å². The summed E-state index contributed by atoms with van der Waals surface area (Å²) in [6, 6.07) is 6.25. The molecule has 0 atom stereocenters. The SMILES string of the molecule is Cc1cc(C)n2nc(C(=O)Nc3ccc(C)c(S(N)(=O)=O)c3)nc2n1. The van der Waals surface area contributed by atoms with Gasteiger partial charge < -0.3 is 5.32 Å². The lowest BCUT2D eigenvalue weighted by Gasteiger charge is -2.07. The fourth-order valence-corrected chi connectivity index (χ4v) is 3.24. The molecule has 0 radical (unpaired) electrons. The van der Waals surface area contributed by atoms with Gasteiger partial charge in [-0.3, -0.25) is 4.79 Å². The maximum Gasteiger partial charge on any atom is 0.295 e. The Hall–Kier alpha value is -2.85. The normalized spacial score (nSPS) is 11.7. The Morgan fingerprint density at radius 3 is 2.56 bits per heavy atom. The van der Waals surface area contributed by atoms with Crippen molar-refractivity contribution in [1.82, 2.24) is 19.6 Å². The van der Waals surface area contributed by atoms with E-state index in [4.69, 9.17) is 5.14 Å². The van der Waals surface area contributed by atoms with Crippen molar-refractivity contribution in [2.45, 2.75) is 25.7 Å². The molecule has 2 heterocycles. The fourth-order valence-electron chi connectivity index (χ4n) is 2.43. The van der Waals surface area contributed by atoms with Crippen LogP contribution < -0.4 is 10.5 Å². The molecule has 1 aromatic carbocycles. The predicted octanol–water partition coefficient (Wildman–Crippen LogP) is 0.949. The maximum absolute atomic E-state index is 12.4. The first-order chi connectivity index (χ1) is 11.6. The van der Waals surface area contributed by atoms with Gasteiger partial charge in [-0.15, -0.1) is 5.10 Å². The van der Waals surface area contributed by atoms with E-state index < -0.39 is 15.9 Å². The number of hydrogen-bond acceptors (Lipinski definition) is 6. The zero-order valence-corrected chi connectivity index (χ0v) is 14.6. The zero-order valence-electron chi connectivity index (χ0n) is 13.8. The van der Waals surface area contributed by atoms with Crippen molar-refractivity contribution in [3.8, 4) is 0 Å². The van der Waals surface area contributed by atoms with Crippen LogP contribution in [0.15, 0.2) is 29.2 Å². The number of sulfonamides is 1. The van der Waals surface area contributed by atoms with Gasteiger partial charge in [0, 0.05) is 17.1 Å². The van der Waals surface area contributed by atoms with Gasteiger partial charge in [0.25, 0.3) is 11.7 Å². The Balaban J connectivity index is 1.94. The number of nitrogens with one attached hydrogen (secondary N) is 1. The standard InChI is InChI=1S/C15H16N6O3S/c1-8-4-5-11(7-12(8)25(16,23)24)18-14(22)13-19-15-17-9(2)6-10(3)21(15)20-13/h4-7H,1-3H3,(H,18,22)(H2,16,23,24). The minimum absolute atomic E-state index is 0.0543. The molecule has 3 N–H and O–H groups in total. The molecule has 0 aliphatic rings. The summed E-state index contributed by atoms with van der Waals surface area (Å²) < 4.78 is 24.6.